The van der Waals surface area contributed by atoms with Crippen LogP contribution < -0.4 is 10.1 Å². The minimum absolute atomic E-state index is 0.151. The van der Waals surface area contributed by atoms with Gasteiger partial charge in [0.1, 0.15) is 6.10 Å². The molecular weight excluding hydrogens is 242 g/mol. The molecule has 19 heavy (non-hydrogen) atoms. The molecule has 2 fully saturated rings. The van der Waals surface area contributed by atoms with Gasteiger partial charge in [-0.2, -0.15) is 4.98 Å². The maximum atomic E-state index is 5.68. The van der Waals surface area contributed by atoms with Crippen molar-refractivity contribution in [3.05, 3.63) is 12.3 Å². The van der Waals surface area contributed by atoms with Gasteiger partial charge in [0.05, 0.1) is 13.2 Å². The van der Waals surface area contributed by atoms with E-state index in [-0.39, 0.29) is 6.10 Å². The van der Waals surface area contributed by atoms with Gasteiger partial charge in [-0.25, -0.2) is 4.98 Å². The highest BCUT2D eigenvalue weighted by Crippen LogP contribution is 2.25. The summed E-state index contributed by atoms with van der Waals surface area (Å²) in [6.07, 6.45) is 6.87. The molecule has 5 nitrogen and oxygen atoms in total. The second kappa shape index (κ2) is 5.74. The SMILES string of the molecule is CC1CCC(Nc2nccc(OC3COC3)n2)CC1. The lowest BCUT2D eigenvalue weighted by molar-refractivity contribution is -0.0813. The number of rotatable bonds is 4. The van der Waals surface area contributed by atoms with Gasteiger partial charge in [-0.15, -0.1) is 0 Å². The zero-order valence-electron chi connectivity index (χ0n) is 11.3. The second-order valence-electron chi connectivity index (χ2n) is 5.60. The Balaban J connectivity index is 1.56. The average Bonchev–Trinajstić information content (AvgIpc) is 2.37. The molecule has 1 aliphatic heterocycles. The van der Waals surface area contributed by atoms with E-state index in [0.29, 0.717) is 31.1 Å². The number of hydrogen-bond donors (Lipinski definition) is 1. The van der Waals surface area contributed by atoms with Crippen LogP contribution in [0.2, 0.25) is 0 Å². The molecule has 0 amide bonds. The van der Waals surface area contributed by atoms with E-state index in [2.05, 4.69) is 22.2 Å². The molecule has 104 valence electrons. The summed E-state index contributed by atoms with van der Waals surface area (Å²) in [6.45, 7) is 3.64. The van der Waals surface area contributed by atoms with E-state index in [4.69, 9.17) is 9.47 Å². The molecule has 0 bridgehead atoms. The molecule has 2 heterocycles. The summed E-state index contributed by atoms with van der Waals surface area (Å²) in [7, 11) is 0. The first-order valence-corrected chi connectivity index (χ1v) is 7.13. The third-order valence-electron chi connectivity index (χ3n) is 3.87. The van der Waals surface area contributed by atoms with Gasteiger partial charge in [0.15, 0.2) is 0 Å². The number of ether oxygens (including phenoxy) is 2. The summed E-state index contributed by atoms with van der Waals surface area (Å²) in [5, 5.41) is 3.42. The highest BCUT2D eigenvalue weighted by Gasteiger charge is 2.21. The van der Waals surface area contributed by atoms with Gasteiger partial charge in [0, 0.05) is 18.3 Å². The Morgan fingerprint density at radius 3 is 2.74 bits per heavy atom. The maximum Gasteiger partial charge on any atom is 0.226 e. The van der Waals surface area contributed by atoms with Crippen molar-refractivity contribution in [1.29, 1.82) is 0 Å². The Kier molecular flexibility index (Phi) is 3.82. The molecule has 5 heteroatoms. The van der Waals surface area contributed by atoms with E-state index in [1.807, 2.05) is 0 Å². The molecule has 1 aromatic heterocycles. The zero-order chi connectivity index (χ0) is 13.1. The molecule has 1 saturated carbocycles. The molecule has 0 unspecified atom stereocenters. The normalized spacial score (nSPS) is 27.6. The summed E-state index contributed by atoms with van der Waals surface area (Å²) < 4.78 is 10.8. The first kappa shape index (κ1) is 12.7. The predicted molar refractivity (Wildman–Crippen MR) is 72.3 cm³/mol. The van der Waals surface area contributed by atoms with Crippen LogP contribution >= 0.6 is 0 Å². The summed E-state index contributed by atoms with van der Waals surface area (Å²) in [6, 6.07) is 2.30. The maximum absolute atomic E-state index is 5.68. The van der Waals surface area contributed by atoms with E-state index in [1.54, 1.807) is 12.3 Å². The number of hydrogen-bond acceptors (Lipinski definition) is 5. The zero-order valence-corrected chi connectivity index (χ0v) is 11.3. The lowest BCUT2D eigenvalue weighted by atomic mass is 9.87. The van der Waals surface area contributed by atoms with Crippen LogP contribution in [0.1, 0.15) is 32.6 Å². The van der Waals surface area contributed by atoms with Crippen molar-refractivity contribution < 1.29 is 9.47 Å². The third kappa shape index (κ3) is 3.35. The Morgan fingerprint density at radius 1 is 1.26 bits per heavy atom. The van der Waals surface area contributed by atoms with Crippen LogP contribution in [0.5, 0.6) is 5.88 Å². The first-order valence-electron chi connectivity index (χ1n) is 7.13. The van der Waals surface area contributed by atoms with Crippen molar-refractivity contribution in [3.63, 3.8) is 0 Å². The topological polar surface area (TPSA) is 56.3 Å². The molecule has 0 atom stereocenters. The second-order valence-corrected chi connectivity index (χ2v) is 5.60. The van der Waals surface area contributed by atoms with Crippen LogP contribution in [0, 0.1) is 5.92 Å². The number of aromatic nitrogens is 2. The van der Waals surface area contributed by atoms with E-state index < -0.39 is 0 Å². The summed E-state index contributed by atoms with van der Waals surface area (Å²) >= 11 is 0. The van der Waals surface area contributed by atoms with Crippen molar-refractivity contribution in [3.8, 4) is 5.88 Å². The fourth-order valence-electron chi connectivity index (χ4n) is 2.52. The molecule has 1 N–H and O–H groups in total. The molecule has 1 aliphatic carbocycles. The van der Waals surface area contributed by atoms with Crippen molar-refractivity contribution >= 4 is 5.95 Å². The number of nitrogens with one attached hydrogen (secondary N) is 1. The van der Waals surface area contributed by atoms with Gasteiger partial charge in [-0.1, -0.05) is 6.92 Å². The third-order valence-corrected chi connectivity index (χ3v) is 3.87. The van der Waals surface area contributed by atoms with Crippen LogP contribution in [0.3, 0.4) is 0 Å². The standard InChI is InChI=1S/C14H21N3O2/c1-10-2-4-11(5-3-10)16-14-15-7-6-13(17-14)19-12-8-18-9-12/h6-7,10-12H,2-5,8-9H2,1H3,(H,15,16,17). The molecule has 2 aliphatic rings. The van der Waals surface area contributed by atoms with Gasteiger partial charge in [-0.05, 0) is 31.6 Å². The van der Waals surface area contributed by atoms with Crippen molar-refractivity contribution in [2.45, 2.75) is 44.8 Å². The number of nitrogens with zero attached hydrogens (tertiary/aromatic N) is 2. The molecule has 1 saturated heterocycles. The molecule has 1 aromatic rings. The molecule has 3 rings (SSSR count). The van der Waals surface area contributed by atoms with Crippen LogP contribution in [-0.4, -0.2) is 35.3 Å². The monoisotopic (exact) mass is 263 g/mol. The van der Waals surface area contributed by atoms with E-state index in [9.17, 15) is 0 Å². The summed E-state index contributed by atoms with van der Waals surface area (Å²) in [5.74, 6) is 2.17. The largest absolute Gasteiger partial charge is 0.469 e. The van der Waals surface area contributed by atoms with Gasteiger partial charge in [0.2, 0.25) is 11.8 Å². The van der Waals surface area contributed by atoms with Crippen molar-refractivity contribution in [2.75, 3.05) is 18.5 Å². The van der Waals surface area contributed by atoms with Crippen LogP contribution in [0.15, 0.2) is 12.3 Å². The highest BCUT2D eigenvalue weighted by molar-refractivity contribution is 5.29. The average molecular weight is 263 g/mol. The summed E-state index contributed by atoms with van der Waals surface area (Å²) in [5.41, 5.74) is 0. The van der Waals surface area contributed by atoms with Gasteiger partial charge in [0.25, 0.3) is 0 Å². The predicted octanol–water partition coefficient (Wildman–Crippen LogP) is 2.24. The van der Waals surface area contributed by atoms with Crippen molar-refractivity contribution in [2.24, 2.45) is 5.92 Å². The summed E-state index contributed by atoms with van der Waals surface area (Å²) in [4.78, 5) is 8.68. The molecule has 0 radical (unpaired) electrons. The lowest BCUT2D eigenvalue weighted by Crippen LogP contribution is -2.38. The van der Waals surface area contributed by atoms with Gasteiger partial charge >= 0.3 is 0 Å². The fourth-order valence-corrected chi connectivity index (χ4v) is 2.52. The van der Waals surface area contributed by atoms with E-state index in [1.165, 1.54) is 25.7 Å². The minimum atomic E-state index is 0.151. The van der Waals surface area contributed by atoms with Crippen LogP contribution in [-0.2, 0) is 4.74 Å². The fraction of sp³-hybridized carbons (Fsp3) is 0.714. The quantitative estimate of drug-likeness (QED) is 0.903. The number of anilines is 1. The van der Waals surface area contributed by atoms with E-state index in [0.717, 1.165) is 5.92 Å². The smallest absolute Gasteiger partial charge is 0.226 e. The lowest BCUT2D eigenvalue weighted by Gasteiger charge is -2.28. The Hall–Kier alpha value is -1.36. The minimum Gasteiger partial charge on any atom is -0.469 e. The van der Waals surface area contributed by atoms with E-state index >= 15 is 0 Å². The first-order chi connectivity index (χ1) is 9.29. The van der Waals surface area contributed by atoms with Crippen LogP contribution in [0.4, 0.5) is 5.95 Å². The molecule has 0 spiro atoms. The molecule has 0 aromatic carbocycles. The van der Waals surface area contributed by atoms with Gasteiger partial charge in [-0.3, -0.25) is 0 Å². The van der Waals surface area contributed by atoms with Crippen molar-refractivity contribution in [1.82, 2.24) is 9.97 Å². The Labute approximate surface area is 113 Å². The van der Waals surface area contributed by atoms with Crippen LogP contribution in [0.25, 0.3) is 0 Å². The van der Waals surface area contributed by atoms with Gasteiger partial charge < -0.3 is 14.8 Å². The Bertz CT molecular complexity index is 415. The Morgan fingerprint density at radius 2 is 2.05 bits per heavy atom. The molecular formula is C14H21N3O2. The highest BCUT2D eigenvalue weighted by atomic mass is 16.6.